The maximum Gasteiger partial charge on any atom is 0.296 e. The maximum atomic E-state index is 14.0. The number of alkyl halides is 2. The minimum atomic E-state index is -1.07. The van der Waals surface area contributed by atoms with Crippen molar-refractivity contribution in [1.29, 1.82) is 0 Å². The third kappa shape index (κ3) is 7.21. The van der Waals surface area contributed by atoms with Crippen LogP contribution in [0.25, 0.3) is 39.1 Å². The highest BCUT2D eigenvalue weighted by molar-refractivity contribution is 6.30. The average Bonchev–Trinajstić information content (AvgIpc) is 3.72. The van der Waals surface area contributed by atoms with Crippen molar-refractivity contribution in [3.05, 3.63) is 111 Å². The summed E-state index contributed by atoms with van der Waals surface area (Å²) in [6, 6.07) is 18.6. The lowest BCUT2D eigenvalue weighted by atomic mass is 10.1. The fourth-order valence-electron chi connectivity index (χ4n) is 5.23. The van der Waals surface area contributed by atoms with Crippen LogP contribution < -0.4 is 5.73 Å². The normalized spacial score (nSPS) is 12.4. The van der Waals surface area contributed by atoms with Crippen LogP contribution in [-0.4, -0.2) is 52.5 Å². The van der Waals surface area contributed by atoms with Crippen molar-refractivity contribution in [2.24, 2.45) is 0 Å². The van der Waals surface area contributed by atoms with Crippen molar-refractivity contribution < 1.29 is 23.0 Å². The molecule has 14 heteroatoms. The number of aromatic nitrogens is 4. The van der Waals surface area contributed by atoms with Crippen LogP contribution in [0.4, 0.5) is 14.5 Å². The molecular weight excluding hydrogens is 706 g/mol. The summed E-state index contributed by atoms with van der Waals surface area (Å²) in [6.45, 7) is 0. The van der Waals surface area contributed by atoms with Crippen LogP contribution in [0, 0.1) is 11.6 Å². The van der Waals surface area contributed by atoms with E-state index in [1.54, 1.807) is 48.5 Å². The van der Waals surface area contributed by atoms with Gasteiger partial charge in [-0.1, -0.05) is 41.4 Å². The van der Waals surface area contributed by atoms with Gasteiger partial charge in [-0.15, -0.1) is 23.2 Å². The monoisotopic (exact) mass is 733 g/mol. The maximum absolute atomic E-state index is 14.0. The number of fused-ring (bicyclic) bond motifs is 6. The number of ether oxygens (including phenoxy) is 3. The van der Waals surface area contributed by atoms with Gasteiger partial charge in [-0.05, 0) is 65.7 Å². The summed E-state index contributed by atoms with van der Waals surface area (Å²) in [5.41, 5.74) is 12.3. The van der Waals surface area contributed by atoms with Gasteiger partial charge >= 0.3 is 0 Å². The molecule has 0 saturated heterocycles. The number of allylic oxidation sites excluding steroid dienone is 1. The lowest BCUT2D eigenvalue weighted by molar-refractivity contribution is -0.337. The minimum Gasteiger partial charge on any atom is -0.397 e. The Morgan fingerprint density at radius 2 is 1.50 bits per heavy atom. The molecule has 4 aromatic heterocycles. The molecule has 6 aromatic rings. The summed E-state index contributed by atoms with van der Waals surface area (Å²) in [5, 5.41) is 1.27. The van der Waals surface area contributed by atoms with E-state index in [0.29, 0.717) is 55.9 Å². The smallest absolute Gasteiger partial charge is 0.296 e. The van der Waals surface area contributed by atoms with E-state index < -0.39 is 5.97 Å². The van der Waals surface area contributed by atoms with E-state index in [9.17, 15) is 8.78 Å². The first-order valence-electron chi connectivity index (χ1n) is 14.3. The average molecular weight is 735 g/mol. The summed E-state index contributed by atoms with van der Waals surface area (Å²) in [4.78, 5) is 13.0. The molecule has 8 nitrogen and oxygen atoms in total. The molecule has 0 saturated carbocycles. The van der Waals surface area contributed by atoms with E-state index in [-0.39, 0.29) is 23.4 Å². The first-order chi connectivity index (χ1) is 23.1. The minimum absolute atomic E-state index is 0.149. The third-order valence-corrected chi connectivity index (χ3v) is 8.63. The molecule has 0 amide bonds. The number of nitrogen functional groups attached to an aromatic ring is 1. The number of hydrogen-bond acceptors (Lipinski definition) is 7. The molecule has 48 heavy (non-hydrogen) atoms. The van der Waals surface area contributed by atoms with Crippen molar-refractivity contribution >= 4 is 91.2 Å². The van der Waals surface area contributed by atoms with Crippen LogP contribution >= 0.6 is 46.4 Å². The molecule has 250 valence electrons. The summed E-state index contributed by atoms with van der Waals surface area (Å²) in [5.74, 6) is -0.563. The van der Waals surface area contributed by atoms with Crippen molar-refractivity contribution in [2.45, 2.75) is 18.3 Å². The van der Waals surface area contributed by atoms with E-state index in [0.717, 1.165) is 22.2 Å². The zero-order chi connectivity index (χ0) is 34.6. The number of benzene rings is 2. The molecule has 2 aromatic carbocycles. The molecule has 0 aliphatic heterocycles. The number of anilines is 1. The molecule has 7 rings (SSSR count). The van der Waals surface area contributed by atoms with Gasteiger partial charge in [0.15, 0.2) is 0 Å². The van der Waals surface area contributed by atoms with Gasteiger partial charge in [0, 0.05) is 38.7 Å². The lowest BCUT2D eigenvalue weighted by Gasteiger charge is -2.25. The quantitative estimate of drug-likeness (QED) is 0.104. The molecular formula is C34H29Cl4F2N5O3. The largest absolute Gasteiger partial charge is 0.397 e. The van der Waals surface area contributed by atoms with Crippen LogP contribution in [-0.2, 0) is 26.5 Å². The highest BCUT2D eigenvalue weighted by Crippen LogP contribution is 2.35. The second-order valence-corrected chi connectivity index (χ2v) is 11.7. The predicted molar refractivity (Wildman–Crippen MR) is 189 cm³/mol. The second-order valence-electron chi connectivity index (χ2n) is 10.4. The molecule has 1 aliphatic rings. The molecule has 4 heterocycles. The van der Waals surface area contributed by atoms with Crippen LogP contribution in [0.15, 0.2) is 66.7 Å². The Morgan fingerprint density at radius 3 is 2.15 bits per heavy atom. The first kappa shape index (κ1) is 35.7. The SMILES string of the molecule is COC(CCl)(OC)OC.Fc1cccc2c1cc1c3nc(Cl)ccc3nc(CCl)n21.Nc1ccc(Cl)nc1C1=Cc2c(F)cccc2C1. The zero-order valence-electron chi connectivity index (χ0n) is 25.9. The van der Waals surface area contributed by atoms with E-state index >= 15 is 0 Å². The molecule has 0 unspecified atom stereocenters. The molecule has 0 fully saturated rings. The van der Waals surface area contributed by atoms with Gasteiger partial charge in [0.25, 0.3) is 5.97 Å². The van der Waals surface area contributed by atoms with Gasteiger partial charge in [0.05, 0.1) is 33.8 Å². The van der Waals surface area contributed by atoms with Gasteiger partial charge in [-0.2, -0.15) is 0 Å². The number of rotatable bonds is 6. The zero-order valence-corrected chi connectivity index (χ0v) is 28.9. The van der Waals surface area contributed by atoms with Crippen molar-refractivity contribution in [3.63, 3.8) is 0 Å². The van der Waals surface area contributed by atoms with Gasteiger partial charge < -0.3 is 19.9 Å². The fourth-order valence-corrected chi connectivity index (χ4v) is 6.03. The number of nitrogens with zero attached hydrogens (tertiary/aromatic N) is 4. The summed E-state index contributed by atoms with van der Waals surface area (Å²) < 4.78 is 43.9. The van der Waals surface area contributed by atoms with Gasteiger partial charge in [-0.3, -0.25) is 4.40 Å². The summed E-state index contributed by atoms with van der Waals surface area (Å²) in [7, 11) is 4.40. The van der Waals surface area contributed by atoms with E-state index in [2.05, 4.69) is 15.0 Å². The standard InChI is InChI=1S/C15H8Cl2FN3.C14H10ClFN2.C5H11ClO3/c16-7-14-19-10-4-5-13(17)20-15(10)12-6-8-9(18)2-1-3-11(8)21(12)14;15-13-5-4-12(17)14(18-13)9-6-8-2-1-3-11(16)10(8)7-9;1-7-5(4-6,8-2)9-3/h1-6H,7H2;1-5,7H,6,17H2;4H2,1-3H3. The number of nitrogens with two attached hydrogens (primary N) is 1. The summed E-state index contributed by atoms with van der Waals surface area (Å²) >= 11 is 23.3. The fraction of sp³-hybridized carbons (Fsp3) is 0.206. The predicted octanol–water partition coefficient (Wildman–Crippen LogP) is 8.94. The van der Waals surface area contributed by atoms with Gasteiger partial charge in [0.1, 0.15) is 39.2 Å². The number of pyridine rings is 2. The Balaban J connectivity index is 0.000000153. The van der Waals surface area contributed by atoms with Crippen LogP contribution in [0.2, 0.25) is 10.3 Å². The second kappa shape index (κ2) is 15.3. The molecule has 0 bridgehead atoms. The lowest BCUT2D eigenvalue weighted by Crippen LogP contribution is -2.37. The molecule has 0 spiro atoms. The van der Waals surface area contributed by atoms with Crippen LogP contribution in [0.1, 0.15) is 22.6 Å². The van der Waals surface area contributed by atoms with Gasteiger partial charge in [-0.25, -0.2) is 23.7 Å². The number of hydrogen-bond donors (Lipinski definition) is 1. The number of halogens is 6. The first-order valence-corrected chi connectivity index (χ1v) is 16.1. The third-order valence-electron chi connectivity index (χ3n) is 7.64. The van der Waals surface area contributed by atoms with Crippen LogP contribution in [0.3, 0.4) is 0 Å². The number of methoxy groups -OCH3 is 3. The molecule has 2 N–H and O–H groups in total. The van der Waals surface area contributed by atoms with E-state index in [1.807, 2.05) is 16.5 Å². The topological polar surface area (TPSA) is 96.8 Å². The Bertz CT molecular complexity index is 2120. The Morgan fingerprint density at radius 1 is 0.833 bits per heavy atom. The summed E-state index contributed by atoms with van der Waals surface area (Å²) in [6.07, 6.45) is 2.42. The molecule has 1 aliphatic carbocycles. The Labute approximate surface area is 295 Å². The molecule has 0 atom stereocenters. The Kier molecular flexibility index (Phi) is 11.4. The van der Waals surface area contributed by atoms with E-state index in [4.69, 9.17) is 66.3 Å². The van der Waals surface area contributed by atoms with Crippen molar-refractivity contribution in [3.8, 4) is 0 Å². The Hall–Kier alpha value is -3.61. The van der Waals surface area contributed by atoms with E-state index in [1.165, 1.54) is 33.5 Å². The molecule has 0 radical (unpaired) electrons. The van der Waals surface area contributed by atoms with Crippen LogP contribution in [0.5, 0.6) is 0 Å². The van der Waals surface area contributed by atoms with Gasteiger partial charge in [0.2, 0.25) is 0 Å². The highest BCUT2D eigenvalue weighted by atomic mass is 35.5. The van der Waals surface area contributed by atoms with Crippen molar-refractivity contribution in [2.75, 3.05) is 32.9 Å². The van der Waals surface area contributed by atoms with Crippen molar-refractivity contribution in [1.82, 2.24) is 19.4 Å². The highest BCUT2D eigenvalue weighted by Gasteiger charge is 2.27.